The Balaban J connectivity index is 2.74. The van der Waals surface area contributed by atoms with Crippen LogP contribution in [0.15, 0.2) is 0 Å². The summed E-state index contributed by atoms with van der Waals surface area (Å²) in [4.78, 5) is 10.3. The van der Waals surface area contributed by atoms with Crippen LogP contribution in [0, 0.1) is 0 Å². The minimum atomic E-state index is -2.40. The third-order valence-electron chi connectivity index (χ3n) is 0.287. The van der Waals surface area contributed by atoms with E-state index >= 15 is 0 Å². The lowest BCUT2D eigenvalue weighted by molar-refractivity contribution is -0.140. The molecule has 0 aromatic rings. The first-order chi connectivity index (χ1) is 3.86. The van der Waals surface area contributed by atoms with Crippen LogP contribution in [0.25, 0.3) is 0 Å². The van der Waals surface area contributed by atoms with Gasteiger partial charge in [-0.25, -0.2) is 0 Å². The van der Waals surface area contributed by atoms with Gasteiger partial charge in [0.05, 0.1) is 5.48 Å². The molecule has 1 aliphatic rings. The third kappa shape index (κ3) is 0.304. The van der Waals surface area contributed by atoms with Gasteiger partial charge < -0.3 is 4.74 Å². The Bertz CT molecular complexity index is 147. The van der Waals surface area contributed by atoms with Crippen LogP contribution >= 0.6 is 0 Å². The molecule has 0 aliphatic carbocycles. The van der Waals surface area contributed by atoms with Crippen molar-refractivity contribution >= 4 is 5.78 Å². The van der Waals surface area contributed by atoms with Crippen LogP contribution in [0.3, 0.4) is 0 Å². The van der Waals surface area contributed by atoms with Crippen molar-refractivity contribution in [2.24, 2.45) is 0 Å². The molecule has 2 heteroatoms. The fourth-order valence-electron chi connectivity index (χ4n) is 0.0927. The van der Waals surface area contributed by atoms with Gasteiger partial charge in [-0.3, -0.25) is 4.79 Å². The Morgan fingerprint density at radius 2 is 2.60 bits per heavy atom. The summed E-state index contributed by atoms with van der Waals surface area (Å²) in [5.41, 5.74) is 0. The molecule has 28 valence electrons. The van der Waals surface area contributed by atoms with Crippen LogP contribution in [-0.2, 0) is 9.53 Å². The van der Waals surface area contributed by atoms with Crippen LogP contribution in [0.1, 0.15) is 5.48 Å². The van der Waals surface area contributed by atoms with Gasteiger partial charge >= 0.3 is 0 Å². The summed E-state index contributed by atoms with van der Waals surface area (Å²) in [5, 5.41) is 0. The van der Waals surface area contributed by atoms with Gasteiger partial charge in [0.2, 0.25) is 0 Å². The minimum Gasteiger partial charge on any atom is -0.366 e. The molecule has 0 spiro atoms. The maximum atomic E-state index is 10.3. The SMILES string of the molecule is [2H]C1([2H])OC([2H])([2H])C1=O. The van der Waals surface area contributed by atoms with E-state index in [9.17, 15) is 4.79 Å². The van der Waals surface area contributed by atoms with Crippen molar-refractivity contribution in [2.45, 2.75) is 0 Å². The van der Waals surface area contributed by atoms with Crippen LogP contribution in [0.5, 0.6) is 0 Å². The van der Waals surface area contributed by atoms with Gasteiger partial charge in [-0.15, -0.1) is 0 Å². The topological polar surface area (TPSA) is 26.3 Å². The molecule has 1 fully saturated rings. The zero-order chi connectivity index (χ0) is 7.28. The van der Waals surface area contributed by atoms with E-state index < -0.39 is 18.9 Å². The molecule has 0 amide bonds. The lowest BCUT2D eigenvalue weighted by atomic mass is 10.4. The van der Waals surface area contributed by atoms with E-state index in [0.29, 0.717) is 0 Å². The van der Waals surface area contributed by atoms with Gasteiger partial charge in [-0.2, -0.15) is 0 Å². The Labute approximate surface area is 35.4 Å². The Hall–Kier alpha value is -0.370. The van der Waals surface area contributed by atoms with E-state index in [0.717, 1.165) is 0 Å². The number of Topliss-reactive ketones (excluding diaryl/α,β-unsaturated/α-hetero) is 1. The normalized spacial score (nSPS) is 54.0. The van der Waals surface area contributed by atoms with Crippen molar-refractivity contribution in [1.29, 1.82) is 0 Å². The maximum absolute atomic E-state index is 10.3. The molecule has 0 radical (unpaired) electrons. The molecule has 0 saturated carbocycles. The highest BCUT2D eigenvalue weighted by molar-refractivity contribution is 5.84. The van der Waals surface area contributed by atoms with E-state index in [-0.39, 0.29) is 0 Å². The molecule has 0 atom stereocenters. The van der Waals surface area contributed by atoms with E-state index in [1.54, 1.807) is 0 Å². The number of carbonyl (C=O) groups is 1. The molecule has 1 aliphatic heterocycles. The number of rotatable bonds is 0. The van der Waals surface area contributed by atoms with Gasteiger partial charge in [0.25, 0.3) is 0 Å². The molecule has 0 aromatic carbocycles. The quantitative estimate of drug-likeness (QED) is 0.392. The molecule has 1 heterocycles. The first kappa shape index (κ1) is 0.819. The second kappa shape index (κ2) is 0.792. The highest BCUT2D eigenvalue weighted by Crippen LogP contribution is 1.88. The molecule has 0 aromatic heterocycles. The van der Waals surface area contributed by atoms with E-state index in [2.05, 4.69) is 4.74 Å². The van der Waals surface area contributed by atoms with E-state index in [1.807, 2.05) is 0 Å². The molecule has 0 bridgehead atoms. The van der Waals surface area contributed by atoms with Crippen molar-refractivity contribution in [2.75, 3.05) is 13.1 Å². The summed E-state index contributed by atoms with van der Waals surface area (Å²) >= 11 is 0. The van der Waals surface area contributed by atoms with E-state index in [4.69, 9.17) is 5.48 Å². The summed E-state index contributed by atoms with van der Waals surface area (Å²) in [6, 6.07) is 0. The van der Waals surface area contributed by atoms with Crippen molar-refractivity contribution in [3.63, 3.8) is 0 Å². The second-order valence-electron chi connectivity index (χ2n) is 0.635. The molecule has 1 rings (SSSR count). The van der Waals surface area contributed by atoms with E-state index in [1.165, 1.54) is 0 Å². The van der Waals surface area contributed by atoms with Gasteiger partial charge in [0, 0.05) is 0 Å². The van der Waals surface area contributed by atoms with Crippen LogP contribution in [-0.4, -0.2) is 18.9 Å². The number of hydrogen-bond donors (Lipinski definition) is 0. The molecular formula is C3H4O2. The number of ether oxygens (including phenoxy) is 1. The fourth-order valence-corrected chi connectivity index (χ4v) is 0.0927. The number of carbonyl (C=O) groups excluding carboxylic acids is 1. The molecule has 0 N–H and O–H groups in total. The monoisotopic (exact) mass is 76.0 g/mol. The predicted octanol–water partition coefficient (Wildman–Crippen LogP) is -0.414. The Morgan fingerprint density at radius 1 is 2.00 bits per heavy atom. The average molecular weight is 76.1 g/mol. The molecule has 0 unspecified atom stereocenters. The predicted molar refractivity (Wildman–Crippen MR) is 15.8 cm³/mol. The smallest absolute Gasteiger partial charge is 0.184 e. The van der Waals surface area contributed by atoms with Gasteiger partial charge in [0.1, 0.15) is 13.1 Å². The third-order valence-corrected chi connectivity index (χ3v) is 0.287. The lowest BCUT2D eigenvalue weighted by Crippen LogP contribution is -2.26. The summed E-state index contributed by atoms with van der Waals surface area (Å²) in [7, 11) is 0. The first-order valence-corrected chi connectivity index (χ1v) is 1.11. The summed E-state index contributed by atoms with van der Waals surface area (Å²) in [6.45, 7) is -4.80. The Morgan fingerprint density at radius 3 is 2.60 bits per heavy atom. The maximum Gasteiger partial charge on any atom is 0.184 e. The minimum absolute atomic E-state index is 1.14. The summed E-state index contributed by atoms with van der Waals surface area (Å²) < 4.78 is 30.3. The summed E-state index contributed by atoms with van der Waals surface area (Å²) in [5.74, 6) is -1.14. The second-order valence-corrected chi connectivity index (χ2v) is 0.635. The number of hydrogen-bond acceptors (Lipinski definition) is 2. The molecule has 2 nitrogen and oxygen atoms in total. The van der Waals surface area contributed by atoms with Crippen LogP contribution in [0.2, 0.25) is 0 Å². The molecule has 5 heavy (non-hydrogen) atoms. The Kier molecular flexibility index (Phi) is 0.130. The van der Waals surface area contributed by atoms with Gasteiger partial charge in [-0.05, 0) is 0 Å². The van der Waals surface area contributed by atoms with Crippen LogP contribution < -0.4 is 0 Å². The largest absolute Gasteiger partial charge is 0.366 e. The number of ketones is 1. The zero-order valence-electron chi connectivity index (χ0n) is 6.32. The fraction of sp³-hybridized carbons (Fsp3) is 0.667. The van der Waals surface area contributed by atoms with Crippen molar-refractivity contribution in [3.05, 3.63) is 0 Å². The highest BCUT2D eigenvalue weighted by Gasteiger charge is 2.10. The highest BCUT2D eigenvalue weighted by atomic mass is 16.5. The molecular weight excluding hydrogens is 68.0 g/mol. The zero-order valence-corrected chi connectivity index (χ0v) is 2.32. The van der Waals surface area contributed by atoms with Gasteiger partial charge in [0.15, 0.2) is 5.78 Å². The van der Waals surface area contributed by atoms with Crippen molar-refractivity contribution < 1.29 is 15.0 Å². The average Bonchev–Trinajstić information content (AvgIpc) is 1.63. The van der Waals surface area contributed by atoms with Gasteiger partial charge in [-0.1, -0.05) is 0 Å². The van der Waals surface area contributed by atoms with Crippen molar-refractivity contribution in [1.82, 2.24) is 0 Å². The molecule has 1 saturated heterocycles. The standard InChI is InChI=1S/C3H4O2/c4-3-1-5-2-3/h1-2H2/i1D2,2D2. The summed E-state index contributed by atoms with van der Waals surface area (Å²) in [6.07, 6.45) is 0. The first-order valence-electron chi connectivity index (χ1n) is 3.11. The van der Waals surface area contributed by atoms with Crippen molar-refractivity contribution in [3.8, 4) is 0 Å². The van der Waals surface area contributed by atoms with Crippen LogP contribution in [0.4, 0.5) is 0 Å². The lowest BCUT2D eigenvalue weighted by Gasteiger charge is -2.07.